The predicted octanol–water partition coefficient (Wildman–Crippen LogP) is 3.73. The Labute approximate surface area is 171 Å². The average Bonchev–Trinajstić information content (AvgIpc) is 2.61. The van der Waals surface area contributed by atoms with Gasteiger partial charge < -0.3 is 10.4 Å². The first-order chi connectivity index (χ1) is 13.2. The molecular weight excluding hydrogens is 433 g/mol. The normalized spacial score (nSPS) is 14.2. The summed E-state index contributed by atoms with van der Waals surface area (Å²) in [6.07, 6.45) is -5.19. The first-order valence-electron chi connectivity index (χ1n) is 8.14. The standard InChI is InChI=1S/C18H18ClF3N2O4S/c1-11-6-4-5-7-15(11)29(27,28)24(3)12-8-9-14(13(19)10-12)23-16(25)17(2,26)18(20,21)22/h4-10,26H,1-3H3,(H,23,25)/t17-/m1/s1. The minimum Gasteiger partial charge on any atom is -0.373 e. The molecule has 0 aliphatic carbocycles. The minimum absolute atomic E-state index is 0.0808. The average molecular weight is 451 g/mol. The van der Waals surface area contributed by atoms with Crippen LogP contribution in [-0.4, -0.2) is 38.3 Å². The van der Waals surface area contributed by atoms with Crippen molar-refractivity contribution in [1.82, 2.24) is 0 Å². The van der Waals surface area contributed by atoms with Gasteiger partial charge in [0.15, 0.2) is 0 Å². The Morgan fingerprint density at radius 2 is 1.76 bits per heavy atom. The Morgan fingerprint density at radius 1 is 1.17 bits per heavy atom. The van der Waals surface area contributed by atoms with E-state index in [1.54, 1.807) is 25.1 Å². The number of anilines is 2. The number of amides is 1. The van der Waals surface area contributed by atoms with E-state index in [1.807, 2.05) is 5.32 Å². The van der Waals surface area contributed by atoms with E-state index in [0.717, 1.165) is 10.4 Å². The van der Waals surface area contributed by atoms with Crippen molar-refractivity contribution >= 4 is 38.9 Å². The zero-order valence-corrected chi connectivity index (χ0v) is 17.2. The molecule has 0 bridgehead atoms. The van der Waals surface area contributed by atoms with Crippen LogP contribution in [0.2, 0.25) is 5.02 Å². The quantitative estimate of drug-likeness (QED) is 0.726. The van der Waals surface area contributed by atoms with Crippen LogP contribution < -0.4 is 9.62 Å². The predicted molar refractivity (Wildman–Crippen MR) is 104 cm³/mol. The van der Waals surface area contributed by atoms with Gasteiger partial charge in [-0.3, -0.25) is 9.10 Å². The zero-order chi connectivity index (χ0) is 22.2. The van der Waals surface area contributed by atoms with Crippen LogP contribution in [0.15, 0.2) is 47.4 Å². The van der Waals surface area contributed by atoms with Crippen molar-refractivity contribution in [3.8, 4) is 0 Å². The molecule has 0 radical (unpaired) electrons. The Morgan fingerprint density at radius 3 is 2.28 bits per heavy atom. The molecule has 1 atom stereocenters. The molecule has 2 rings (SSSR count). The molecular formula is C18H18ClF3N2O4S. The number of benzene rings is 2. The van der Waals surface area contributed by atoms with Crippen molar-refractivity contribution in [3.63, 3.8) is 0 Å². The van der Waals surface area contributed by atoms with E-state index in [0.29, 0.717) is 12.5 Å². The molecule has 0 spiro atoms. The topological polar surface area (TPSA) is 86.7 Å². The molecule has 2 N–H and O–H groups in total. The zero-order valence-electron chi connectivity index (χ0n) is 15.6. The third-order valence-corrected chi connectivity index (χ3v) is 6.55. The van der Waals surface area contributed by atoms with Gasteiger partial charge in [0.05, 0.1) is 21.3 Å². The van der Waals surface area contributed by atoms with Crippen LogP contribution in [0.4, 0.5) is 24.5 Å². The summed E-state index contributed by atoms with van der Waals surface area (Å²) in [5.41, 5.74) is -3.19. The monoisotopic (exact) mass is 450 g/mol. The van der Waals surface area contributed by atoms with Crippen molar-refractivity contribution in [2.24, 2.45) is 0 Å². The van der Waals surface area contributed by atoms with Crippen molar-refractivity contribution < 1.29 is 31.5 Å². The summed E-state index contributed by atoms with van der Waals surface area (Å²) in [6, 6.07) is 9.93. The number of nitrogens with zero attached hydrogens (tertiary/aromatic N) is 1. The van der Waals surface area contributed by atoms with E-state index in [1.165, 1.54) is 25.2 Å². The maximum Gasteiger partial charge on any atom is 0.426 e. The fourth-order valence-electron chi connectivity index (χ4n) is 2.31. The molecule has 2 aromatic carbocycles. The van der Waals surface area contributed by atoms with Gasteiger partial charge in [0.25, 0.3) is 15.9 Å². The first kappa shape index (κ1) is 23.0. The Bertz CT molecular complexity index is 1040. The molecule has 0 fully saturated rings. The Balaban J connectivity index is 2.32. The number of nitrogens with one attached hydrogen (secondary N) is 1. The van der Waals surface area contributed by atoms with Crippen molar-refractivity contribution in [1.29, 1.82) is 0 Å². The Kier molecular flexibility index (Phi) is 6.22. The number of halogens is 4. The fourth-order valence-corrected chi connectivity index (χ4v) is 3.94. The lowest BCUT2D eigenvalue weighted by atomic mass is 10.1. The van der Waals surface area contributed by atoms with E-state index in [-0.39, 0.29) is 21.3 Å². The second-order valence-electron chi connectivity index (χ2n) is 6.43. The van der Waals surface area contributed by atoms with Crippen molar-refractivity contribution in [2.45, 2.75) is 30.5 Å². The molecule has 29 heavy (non-hydrogen) atoms. The number of hydrogen-bond acceptors (Lipinski definition) is 4. The summed E-state index contributed by atoms with van der Waals surface area (Å²) in [7, 11) is -2.63. The van der Waals surface area contributed by atoms with Gasteiger partial charge >= 0.3 is 6.18 Å². The molecule has 0 aliphatic rings. The van der Waals surface area contributed by atoms with Crippen LogP contribution in [0.3, 0.4) is 0 Å². The lowest BCUT2D eigenvalue weighted by Crippen LogP contribution is -2.52. The van der Waals surface area contributed by atoms with Crippen LogP contribution in [0, 0.1) is 6.92 Å². The molecule has 6 nitrogen and oxygen atoms in total. The van der Waals surface area contributed by atoms with Crippen LogP contribution >= 0.6 is 11.6 Å². The number of carbonyl (C=O) groups is 1. The number of carbonyl (C=O) groups excluding carboxylic acids is 1. The molecule has 2 aromatic rings. The number of aryl methyl sites for hydroxylation is 1. The van der Waals surface area contributed by atoms with E-state index >= 15 is 0 Å². The summed E-state index contributed by atoms with van der Waals surface area (Å²) in [5, 5.41) is 11.1. The van der Waals surface area contributed by atoms with E-state index in [4.69, 9.17) is 11.6 Å². The van der Waals surface area contributed by atoms with Gasteiger partial charge in [-0.2, -0.15) is 13.2 Å². The summed E-state index contributed by atoms with van der Waals surface area (Å²) in [6.45, 7) is 1.95. The molecule has 1 amide bonds. The van der Waals surface area contributed by atoms with Crippen molar-refractivity contribution in [2.75, 3.05) is 16.7 Å². The first-order valence-corrected chi connectivity index (χ1v) is 9.96. The number of hydrogen-bond donors (Lipinski definition) is 2. The van der Waals surface area contributed by atoms with Gasteiger partial charge in [-0.15, -0.1) is 0 Å². The maximum absolute atomic E-state index is 12.8. The van der Waals surface area contributed by atoms with Gasteiger partial charge in [-0.25, -0.2) is 8.42 Å². The Hall–Kier alpha value is -2.30. The number of rotatable bonds is 5. The summed E-state index contributed by atoms with van der Waals surface area (Å²) < 4.78 is 64.9. The highest BCUT2D eigenvalue weighted by Crippen LogP contribution is 2.34. The second-order valence-corrected chi connectivity index (χ2v) is 8.77. The molecule has 0 heterocycles. The molecule has 0 unspecified atom stereocenters. The molecule has 0 saturated heterocycles. The largest absolute Gasteiger partial charge is 0.426 e. The number of sulfonamides is 1. The summed E-state index contributed by atoms with van der Waals surface area (Å²) in [4.78, 5) is 11.9. The number of alkyl halides is 3. The van der Waals surface area contributed by atoms with Gasteiger partial charge in [0.2, 0.25) is 5.60 Å². The summed E-state index contributed by atoms with van der Waals surface area (Å²) >= 11 is 6.01. The second kappa shape index (κ2) is 7.85. The van der Waals surface area contributed by atoms with Gasteiger partial charge in [0, 0.05) is 7.05 Å². The smallest absolute Gasteiger partial charge is 0.373 e. The fraction of sp³-hybridized carbons (Fsp3) is 0.278. The minimum atomic E-state index is -5.19. The van der Waals surface area contributed by atoms with Crippen LogP contribution in [-0.2, 0) is 14.8 Å². The van der Waals surface area contributed by atoms with Crippen molar-refractivity contribution in [3.05, 3.63) is 53.1 Å². The lowest BCUT2D eigenvalue weighted by molar-refractivity contribution is -0.242. The molecule has 0 saturated carbocycles. The van der Waals surface area contributed by atoms with E-state index in [9.17, 15) is 31.5 Å². The van der Waals surface area contributed by atoms with Crippen LogP contribution in [0.25, 0.3) is 0 Å². The SMILES string of the molecule is Cc1ccccc1S(=O)(=O)N(C)c1ccc(NC(=O)[C@@](C)(O)C(F)(F)F)c(Cl)c1. The molecule has 11 heteroatoms. The lowest BCUT2D eigenvalue weighted by Gasteiger charge is -2.25. The highest BCUT2D eigenvalue weighted by Gasteiger charge is 2.55. The summed E-state index contributed by atoms with van der Waals surface area (Å²) in [5.74, 6) is -1.72. The number of aliphatic hydroxyl groups is 1. The molecule has 158 valence electrons. The van der Waals surface area contributed by atoms with Gasteiger partial charge in [-0.05, 0) is 43.7 Å². The highest BCUT2D eigenvalue weighted by molar-refractivity contribution is 7.92. The third-order valence-electron chi connectivity index (χ3n) is 4.29. The highest BCUT2D eigenvalue weighted by atomic mass is 35.5. The van der Waals surface area contributed by atoms with E-state index < -0.39 is 27.7 Å². The molecule has 0 aromatic heterocycles. The van der Waals surface area contributed by atoms with Gasteiger partial charge in [-0.1, -0.05) is 29.8 Å². The maximum atomic E-state index is 12.8. The van der Waals surface area contributed by atoms with Crippen LogP contribution in [0.1, 0.15) is 12.5 Å². The molecule has 0 aliphatic heterocycles. The van der Waals surface area contributed by atoms with E-state index in [2.05, 4.69) is 0 Å². The third kappa shape index (κ3) is 4.49. The van der Waals surface area contributed by atoms with Gasteiger partial charge in [0.1, 0.15) is 0 Å². The van der Waals surface area contributed by atoms with Crippen LogP contribution in [0.5, 0.6) is 0 Å².